The van der Waals surface area contributed by atoms with Crippen molar-refractivity contribution < 1.29 is 39.3 Å². The Hall–Kier alpha value is -2.40. The Balaban J connectivity index is 0.000000461. The van der Waals surface area contributed by atoms with Crippen molar-refractivity contribution in [3.8, 4) is 0 Å². The fourth-order valence-corrected chi connectivity index (χ4v) is 1.68. The van der Waals surface area contributed by atoms with Gasteiger partial charge in [0.15, 0.2) is 0 Å². The van der Waals surface area contributed by atoms with Gasteiger partial charge in [-0.1, -0.05) is 36.4 Å². The molecule has 0 aromatic heterocycles. The third-order valence-electron chi connectivity index (χ3n) is 2.34. The summed E-state index contributed by atoms with van der Waals surface area (Å²) in [4.78, 5) is 18.0. The first-order chi connectivity index (χ1) is 10.4. The number of rotatable bonds is 0. The summed E-state index contributed by atoms with van der Waals surface area (Å²) in [5.41, 5.74) is 1.95. The van der Waals surface area contributed by atoms with Gasteiger partial charge in [0.2, 0.25) is 0 Å². The summed E-state index contributed by atoms with van der Waals surface area (Å²) in [6, 6.07) is 4.15. The average molecular weight is 366 g/mol. The van der Waals surface area contributed by atoms with Crippen molar-refractivity contribution in [2.75, 3.05) is 0 Å². The predicted molar refractivity (Wildman–Crippen MR) is 85.6 cm³/mol. The maximum Gasteiger partial charge on any atom is 2.00 e. The molecule has 0 bridgehead atoms. The SMILES string of the molecule is C1=C[N-]c2c3c(ccc2=C1)=CC=C[N-]3.CC(=O)O.CC(=O)O.[Zn+2]. The Morgan fingerprint density at radius 2 is 1.13 bits per heavy atom. The second-order valence-corrected chi connectivity index (χ2v) is 4.25. The first kappa shape index (κ1) is 20.6. The number of nitrogens with zero attached hydrogens (tertiary/aromatic N) is 2. The molecule has 1 aromatic rings. The van der Waals surface area contributed by atoms with Crippen LogP contribution in [-0.4, -0.2) is 22.2 Å². The fraction of sp³-hybridized carbons (Fsp3) is 0.125. The van der Waals surface area contributed by atoms with Gasteiger partial charge in [0.1, 0.15) is 0 Å². The zero-order valence-corrected chi connectivity index (χ0v) is 15.9. The first-order valence-corrected chi connectivity index (χ1v) is 6.39. The van der Waals surface area contributed by atoms with Crippen LogP contribution in [-0.2, 0) is 29.1 Å². The van der Waals surface area contributed by atoms with Gasteiger partial charge in [0.25, 0.3) is 11.9 Å². The fourth-order valence-electron chi connectivity index (χ4n) is 1.68. The van der Waals surface area contributed by atoms with E-state index in [0.29, 0.717) is 0 Å². The van der Waals surface area contributed by atoms with Crippen LogP contribution in [0.5, 0.6) is 0 Å². The van der Waals surface area contributed by atoms with Crippen LogP contribution in [0.15, 0.2) is 36.7 Å². The zero-order valence-electron chi connectivity index (χ0n) is 12.9. The van der Waals surface area contributed by atoms with E-state index in [2.05, 4.69) is 34.9 Å². The predicted octanol–water partition coefficient (Wildman–Crippen LogP) is 2.49. The van der Waals surface area contributed by atoms with Crippen molar-refractivity contribution in [1.82, 2.24) is 0 Å². The molecule has 23 heavy (non-hydrogen) atoms. The summed E-state index contributed by atoms with van der Waals surface area (Å²) in [5.74, 6) is -1.67. The summed E-state index contributed by atoms with van der Waals surface area (Å²) in [6.45, 7) is 2.17. The molecule has 116 valence electrons. The van der Waals surface area contributed by atoms with Crippen LogP contribution in [0.25, 0.3) is 22.8 Å². The quantitative estimate of drug-likeness (QED) is 0.689. The van der Waals surface area contributed by atoms with Crippen molar-refractivity contribution in [2.24, 2.45) is 0 Å². The van der Waals surface area contributed by atoms with Gasteiger partial charge in [0.05, 0.1) is 0 Å². The maximum absolute atomic E-state index is 9.00. The molecule has 6 nitrogen and oxygen atoms in total. The minimum atomic E-state index is -0.833. The minimum absolute atomic E-state index is 0. The van der Waals surface area contributed by atoms with E-state index in [-0.39, 0.29) is 19.5 Å². The Kier molecular flexibility index (Phi) is 9.27. The molecular formula is C16H16N2O4Zn. The molecule has 0 aliphatic carbocycles. The van der Waals surface area contributed by atoms with Crippen molar-refractivity contribution in [3.63, 3.8) is 0 Å². The zero-order chi connectivity index (χ0) is 16.5. The summed E-state index contributed by atoms with van der Waals surface area (Å²) in [6.07, 6.45) is 11.6. The number of carboxylic acids is 2. The van der Waals surface area contributed by atoms with Crippen molar-refractivity contribution >= 4 is 35.5 Å². The molecule has 2 aliphatic rings. The van der Waals surface area contributed by atoms with E-state index in [0.717, 1.165) is 35.7 Å². The maximum atomic E-state index is 9.00. The summed E-state index contributed by atoms with van der Waals surface area (Å²) < 4.78 is 0. The van der Waals surface area contributed by atoms with Gasteiger partial charge in [-0.3, -0.25) is 9.59 Å². The average Bonchev–Trinajstić information content (AvgIpc) is 2.46. The van der Waals surface area contributed by atoms with E-state index in [1.165, 1.54) is 0 Å². The Bertz CT molecular complexity index is 668. The van der Waals surface area contributed by atoms with Crippen LogP contribution in [0.3, 0.4) is 0 Å². The van der Waals surface area contributed by atoms with Crippen LogP contribution in [0.4, 0.5) is 11.4 Å². The number of allylic oxidation sites excluding steroid dienone is 2. The standard InChI is InChI=1S/C12H8N2.2C2H4O2.Zn/c1-3-9-5-6-10-4-2-8-14-12(10)11(9)13-7-1;2*1-2(3)4;/h1-8H;2*1H3,(H,3,4);/q-2;;;+2. The number of hydrogen-bond acceptors (Lipinski definition) is 2. The molecule has 0 spiro atoms. The molecule has 0 fully saturated rings. The number of hydrogen-bond donors (Lipinski definition) is 2. The van der Waals surface area contributed by atoms with Crippen LogP contribution in [0, 0.1) is 0 Å². The van der Waals surface area contributed by atoms with E-state index in [1.54, 1.807) is 12.4 Å². The van der Waals surface area contributed by atoms with E-state index < -0.39 is 11.9 Å². The van der Waals surface area contributed by atoms with Gasteiger partial charge in [0, 0.05) is 13.8 Å². The summed E-state index contributed by atoms with van der Waals surface area (Å²) in [7, 11) is 0. The smallest absolute Gasteiger partial charge is 0.665 e. The van der Waals surface area contributed by atoms with Crippen LogP contribution in [0.2, 0.25) is 0 Å². The third kappa shape index (κ3) is 7.42. The van der Waals surface area contributed by atoms with Crippen molar-refractivity contribution in [1.29, 1.82) is 0 Å². The summed E-state index contributed by atoms with van der Waals surface area (Å²) >= 11 is 0. The first-order valence-electron chi connectivity index (χ1n) is 6.39. The van der Waals surface area contributed by atoms with Crippen molar-refractivity contribution in [2.45, 2.75) is 13.8 Å². The van der Waals surface area contributed by atoms with Gasteiger partial charge < -0.3 is 20.8 Å². The second-order valence-electron chi connectivity index (χ2n) is 4.25. The summed E-state index contributed by atoms with van der Waals surface area (Å²) in [5, 5.41) is 25.8. The normalized spacial score (nSPS) is 11.6. The largest absolute Gasteiger partial charge is 2.00 e. The van der Waals surface area contributed by atoms with E-state index in [9.17, 15) is 0 Å². The van der Waals surface area contributed by atoms with Crippen LogP contribution in [0.1, 0.15) is 13.8 Å². The Labute approximate surface area is 146 Å². The molecule has 0 saturated carbocycles. The van der Waals surface area contributed by atoms with Crippen molar-refractivity contribution in [3.05, 3.63) is 57.8 Å². The number of carbonyl (C=O) groups is 2. The van der Waals surface area contributed by atoms with E-state index in [4.69, 9.17) is 19.8 Å². The van der Waals surface area contributed by atoms with Gasteiger partial charge in [-0.15, -0.1) is 11.4 Å². The van der Waals surface area contributed by atoms with Crippen LogP contribution < -0.4 is 10.4 Å². The Morgan fingerprint density at radius 3 is 1.43 bits per heavy atom. The minimum Gasteiger partial charge on any atom is -0.665 e. The topological polar surface area (TPSA) is 103 Å². The van der Waals surface area contributed by atoms with E-state index in [1.807, 2.05) is 12.2 Å². The molecule has 2 aliphatic heterocycles. The molecule has 7 heteroatoms. The van der Waals surface area contributed by atoms with Gasteiger partial charge >= 0.3 is 19.5 Å². The monoisotopic (exact) mass is 364 g/mol. The molecule has 0 unspecified atom stereocenters. The molecule has 2 N–H and O–H groups in total. The number of aliphatic carboxylic acids is 2. The number of benzene rings is 1. The third-order valence-corrected chi connectivity index (χ3v) is 2.34. The second kappa shape index (κ2) is 10.3. The molecule has 2 heterocycles. The number of fused-ring (bicyclic) bond motifs is 3. The van der Waals surface area contributed by atoms with Gasteiger partial charge in [-0.05, 0) is 10.4 Å². The molecule has 3 rings (SSSR count). The van der Waals surface area contributed by atoms with E-state index >= 15 is 0 Å². The van der Waals surface area contributed by atoms with Gasteiger partial charge in [-0.25, -0.2) is 0 Å². The molecule has 1 aromatic carbocycles. The van der Waals surface area contributed by atoms with Gasteiger partial charge in [-0.2, -0.15) is 12.4 Å². The molecule has 0 atom stereocenters. The Morgan fingerprint density at radius 1 is 0.826 bits per heavy atom. The number of carboxylic acid groups (broad SMARTS) is 2. The molecule has 0 amide bonds. The molecule has 0 saturated heterocycles. The van der Waals surface area contributed by atoms with Crippen LogP contribution >= 0.6 is 0 Å². The molecule has 0 radical (unpaired) electrons. The molecular weight excluding hydrogens is 350 g/mol.